The summed E-state index contributed by atoms with van der Waals surface area (Å²) in [6, 6.07) is 11.8. The van der Waals surface area contributed by atoms with Crippen LogP contribution in [0.3, 0.4) is 0 Å². The van der Waals surface area contributed by atoms with Crippen molar-refractivity contribution in [3.8, 4) is 11.1 Å². The molecule has 0 aliphatic carbocycles. The van der Waals surface area contributed by atoms with Gasteiger partial charge in [0.15, 0.2) is 0 Å². The minimum absolute atomic E-state index is 0.0159. The van der Waals surface area contributed by atoms with Gasteiger partial charge >= 0.3 is 164 Å². The maximum atomic E-state index is 15.7. The maximum absolute atomic E-state index is 15.7. The molecule has 0 radical (unpaired) electrons. The number of unbranched alkanes of at least 4 members (excludes halogenated alkanes) is 3. The van der Waals surface area contributed by atoms with Gasteiger partial charge < -0.3 is 0 Å². The molecule has 0 aliphatic rings. The Bertz CT molecular complexity index is 635. The Kier molecular flexibility index (Phi) is 9.10. The zero-order valence-corrected chi connectivity index (χ0v) is 19.6. The molecule has 0 saturated heterocycles. The third-order valence-electron chi connectivity index (χ3n) is 5.50. The average Bonchev–Trinajstić information content (AvgIpc) is 2.69. The first kappa shape index (κ1) is 21.4. The Morgan fingerprint density at radius 3 is 1.85 bits per heavy atom. The molecule has 0 N–H and O–H groups in total. The van der Waals surface area contributed by atoms with Gasteiger partial charge in [0.25, 0.3) is 0 Å². The summed E-state index contributed by atoms with van der Waals surface area (Å²) in [5.41, 5.74) is 1.71. The summed E-state index contributed by atoms with van der Waals surface area (Å²) in [5.74, 6) is -0.0159. The van der Waals surface area contributed by atoms with Crippen LogP contribution in [0, 0.1) is 5.82 Å². The zero-order chi connectivity index (χ0) is 18.8. The standard InChI is InChI=1S/C11H7FN.3C4H9.Sn/c12-11-8-13-7-6-10(11)9-4-2-1-3-5-9;3*1-3-4-2;/h1-7H;3*1,3-4H2,2H3;. The number of hydrogen-bond donors (Lipinski definition) is 0. The van der Waals surface area contributed by atoms with E-state index in [-0.39, 0.29) is 5.82 Å². The van der Waals surface area contributed by atoms with Crippen molar-refractivity contribution in [2.45, 2.75) is 72.6 Å². The first-order valence-corrected chi connectivity index (χ1v) is 17.9. The zero-order valence-electron chi connectivity index (χ0n) is 16.7. The SMILES string of the molecule is CCC[CH2][Sn]([CH2]CCC)([CH2]CCC)[c]1nccc(-c2ccccc2)c1F. The van der Waals surface area contributed by atoms with E-state index in [0.717, 1.165) is 14.8 Å². The summed E-state index contributed by atoms with van der Waals surface area (Å²) in [7, 11) is 0. The first-order valence-electron chi connectivity index (χ1n) is 10.4. The fourth-order valence-electron chi connectivity index (χ4n) is 3.93. The molecule has 0 atom stereocenters. The number of halogens is 1. The second-order valence-electron chi connectivity index (χ2n) is 7.48. The van der Waals surface area contributed by atoms with Gasteiger partial charge in [-0.25, -0.2) is 0 Å². The van der Waals surface area contributed by atoms with E-state index >= 15 is 4.39 Å². The normalized spacial score (nSPS) is 11.7. The van der Waals surface area contributed by atoms with E-state index in [1.807, 2.05) is 42.6 Å². The summed E-state index contributed by atoms with van der Waals surface area (Å²) in [4.78, 5) is 4.71. The van der Waals surface area contributed by atoms with Crippen LogP contribution in [0.2, 0.25) is 13.3 Å². The van der Waals surface area contributed by atoms with Crippen LogP contribution in [-0.4, -0.2) is 23.4 Å². The van der Waals surface area contributed by atoms with Crippen molar-refractivity contribution in [2.24, 2.45) is 0 Å². The molecule has 2 rings (SSSR count). The Balaban J connectivity index is 2.51. The third-order valence-corrected chi connectivity index (χ3v) is 20.6. The van der Waals surface area contributed by atoms with Crippen LogP contribution in [-0.2, 0) is 0 Å². The van der Waals surface area contributed by atoms with Crippen molar-refractivity contribution in [1.29, 1.82) is 0 Å². The molecular weight excluding hydrogens is 428 g/mol. The van der Waals surface area contributed by atoms with Crippen molar-refractivity contribution in [2.75, 3.05) is 0 Å². The van der Waals surface area contributed by atoms with E-state index in [2.05, 4.69) is 20.8 Å². The predicted octanol–water partition coefficient (Wildman–Crippen LogP) is 6.94. The third kappa shape index (κ3) is 5.31. The first-order chi connectivity index (χ1) is 12.7. The van der Waals surface area contributed by atoms with Crippen molar-refractivity contribution in [1.82, 2.24) is 4.98 Å². The van der Waals surface area contributed by atoms with E-state index < -0.39 is 18.4 Å². The Labute approximate surface area is 163 Å². The average molecular weight is 462 g/mol. The van der Waals surface area contributed by atoms with Gasteiger partial charge in [0.1, 0.15) is 0 Å². The molecule has 1 aromatic carbocycles. The number of nitrogens with zero attached hydrogens (tertiary/aromatic N) is 1. The molecule has 2 aromatic rings. The topological polar surface area (TPSA) is 12.9 Å². The summed E-state index contributed by atoms with van der Waals surface area (Å²) < 4.78 is 20.4. The van der Waals surface area contributed by atoms with Crippen molar-refractivity contribution < 1.29 is 4.39 Å². The molecule has 0 amide bonds. The minimum atomic E-state index is -2.85. The quantitative estimate of drug-likeness (QED) is 0.330. The molecule has 0 unspecified atom stereocenters. The van der Waals surface area contributed by atoms with E-state index in [1.54, 1.807) is 0 Å². The van der Waals surface area contributed by atoms with E-state index in [9.17, 15) is 0 Å². The van der Waals surface area contributed by atoms with Gasteiger partial charge in [-0.3, -0.25) is 0 Å². The van der Waals surface area contributed by atoms with Gasteiger partial charge in [-0.1, -0.05) is 0 Å². The second kappa shape index (κ2) is 11.1. The van der Waals surface area contributed by atoms with Crippen LogP contribution in [0.4, 0.5) is 4.39 Å². The molecule has 1 aromatic heterocycles. The molecular formula is C23H34FNSn. The molecule has 142 valence electrons. The van der Waals surface area contributed by atoms with Crippen molar-refractivity contribution in [3.05, 3.63) is 48.4 Å². The van der Waals surface area contributed by atoms with Gasteiger partial charge in [0, 0.05) is 0 Å². The second-order valence-corrected chi connectivity index (χ2v) is 20.4. The van der Waals surface area contributed by atoms with Crippen LogP contribution in [0.15, 0.2) is 42.6 Å². The van der Waals surface area contributed by atoms with Crippen LogP contribution in [0.1, 0.15) is 59.3 Å². The monoisotopic (exact) mass is 463 g/mol. The fourth-order valence-corrected chi connectivity index (χ4v) is 19.6. The fraction of sp³-hybridized carbons (Fsp3) is 0.522. The van der Waals surface area contributed by atoms with Crippen LogP contribution < -0.4 is 3.71 Å². The Morgan fingerprint density at radius 1 is 0.808 bits per heavy atom. The van der Waals surface area contributed by atoms with Gasteiger partial charge in [0.05, 0.1) is 0 Å². The van der Waals surface area contributed by atoms with Gasteiger partial charge in [-0.2, -0.15) is 0 Å². The molecule has 1 nitrogen and oxygen atoms in total. The van der Waals surface area contributed by atoms with Crippen LogP contribution >= 0.6 is 0 Å². The number of rotatable bonds is 11. The van der Waals surface area contributed by atoms with Crippen molar-refractivity contribution in [3.63, 3.8) is 0 Å². The summed E-state index contributed by atoms with van der Waals surface area (Å²) in [6.45, 7) is 6.75. The van der Waals surface area contributed by atoms with Gasteiger partial charge in [-0.15, -0.1) is 0 Å². The van der Waals surface area contributed by atoms with Gasteiger partial charge in [0.2, 0.25) is 0 Å². The van der Waals surface area contributed by atoms with Crippen LogP contribution in [0.25, 0.3) is 11.1 Å². The molecule has 26 heavy (non-hydrogen) atoms. The van der Waals surface area contributed by atoms with E-state index in [0.29, 0.717) is 0 Å². The number of pyridine rings is 1. The number of benzene rings is 1. The predicted molar refractivity (Wildman–Crippen MR) is 114 cm³/mol. The Morgan fingerprint density at radius 2 is 1.35 bits per heavy atom. The molecule has 0 aliphatic heterocycles. The molecule has 3 heteroatoms. The summed E-state index contributed by atoms with van der Waals surface area (Å²) in [6.07, 6.45) is 9.10. The van der Waals surface area contributed by atoms with E-state index in [1.165, 1.54) is 51.8 Å². The number of hydrogen-bond acceptors (Lipinski definition) is 1. The molecule has 0 saturated carbocycles. The molecule has 0 fully saturated rings. The van der Waals surface area contributed by atoms with Crippen molar-refractivity contribution >= 4 is 22.1 Å². The summed E-state index contributed by atoms with van der Waals surface area (Å²) in [5, 5.41) is 0. The van der Waals surface area contributed by atoms with E-state index in [4.69, 9.17) is 4.98 Å². The molecule has 0 bridgehead atoms. The molecule has 0 spiro atoms. The van der Waals surface area contributed by atoms with Crippen LogP contribution in [0.5, 0.6) is 0 Å². The van der Waals surface area contributed by atoms with Gasteiger partial charge in [-0.05, 0) is 0 Å². The summed E-state index contributed by atoms with van der Waals surface area (Å²) >= 11 is -2.85. The molecule has 1 heterocycles. The Hall–Kier alpha value is -0.901. The number of aromatic nitrogens is 1.